The molecule has 0 radical (unpaired) electrons. The summed E-state index contributed by atoms with van der Waals surface area (Å²) >= 11 is 3.29. The lowest BCUT2D eigenvalue weighted by Crippen LogP contribution is -2.29. The molecule has 0 aliphatic carbocycles. The molecule has 2 aromatic rings. The molecule has 2 N–H and O–H groups in total. The van der Waals surface area contributed by atoms with Crippen LogP contribution in [0.1, 0.15) is 11.1 Å². The summed E-state index contributed by atoms with van der Waals surface area (Å²) in [6, 6.07) is 11.4. The molecule has 7 heteroatoms. The summed E-state index contributed by atoms with van der Waals surface area (Å²) in [4.78, 5) is 11.7. The molecule has 0 aliphatic rings. The molecule has 2 rings (SSSR count). The zero-order chi connectivity index (χ0) is 16.2. The first-order chi connectivity index (χ1) is 10.4. The van der Waals surface area contributed by atoms with Gasteiger partial charge in [0.1, 0.15) is 0 Å². The normalized spacial score (nSPS) is 11.1. The molecule has 0 aromatic heterocycles. The predicted octanol–water partition coefficient (Wildman–Crippen LogP) is 4.79. The Bertz CT molecular complexity index is 657. The van der Waals surface area contributed by atoms with Gasteiger partial charge in [0, 0.05) is 11.0 Å². The van der Waals surface area contributed by atoms with Crippen molar-refractivity contribution in [2.75, 3.05) is 5.32 Å². The molecule has 0 aliphatic heterocycles. The molecule has 0 heterocycles. The first kappa shape index (κ1) is 16.4. The summed E-state index contributed by atoms with van der Waals surface area (Å²) in [6.45, 7) is 0.216. The Labute approximate surface area is 133 Å². The van der Waals surface area contributed by atoms with E-state index in [0.717, 1.165) is 16.1 Å². The van der Waals surface area contributed by atoms with E-state index in [9.17, 15) is 18.0 Å². The molecule has 0 atom stereocenters. The summed E-state index contributed by atoms with van der Waals surface area (Å²) in [5, 5.41) is 4.73. The van der Waals surface area contributed by atoms with Crippen LogP contribution in [-0.4, -0.2) is 6.03 Å². The molecule has 2 amide bonds. The van der Waals surface area contributed by atoms with Gasteiger partial charge in [-0.2, -0.15) is 13.2 Å². The number of benzene rings is 2. The van der Waals surface area contributed by atoms with Gasteiger partial charge in [-0.05, 0) is 29.8 Å². The number of carbonyl (C=O) groups is 1. The lowest BCUT2D eigenvalue weighted by Gasteiger charge is -2.14. The summed E-state index contributed by atoms with van der Waals surface area (Å²) in [5.74, 6) is 0. The van der Waals surface area contributed by atoms with Crippen LogP contribution in [0.15, 0.2) is 53.0 Å². The van der Waals surface area contributed by atoms with Gasteiger partial charge in [-0.15, -0.1) is 0 Å². The number of hydrogen-bond acceptors (Lipinski definition) is 1. The number of anilines is 1. The molecule has 0 saturated heterocycles. The number of nitrogens with one attached hydrogen (secondary N) is 2. The maximum atomic E-state index is 12.8. The van der Waals surface area contributed by atoms with E-state index in [1.54, 1.807) is 12.1 Å². The number of urea groups is 1. The molecule has 2 aromatic carbocycles. The number of rotatable bonds is 3. The average Bonchev–Trinajstić information content (AvgIpc) is 2.46. The third kappa shape index (κ3) is 4.49. The van der Waals surface area contributed by atoms with E-state index in [2.05, 4.69) is 26.6 Å². The lowest BCUT2D eigenvalue weighted by atomic mass is 10.1. The van der Waals surface area contributed by atoms with Crippen LogP contribution < -0.4 is 10.6 Å². The maximum absolute atomic E-state index is 12.8. The quantitative estimate of drug-likeness (QED) is 0.798. The van der Waals surface area contributed by atoms with Crippen LogP contribution in [0, 0.1) is 0 Å². The van der Waals surface area contributed by atoms with E-state index >= 15 is 0 Å². The summed E-state index contributed by atoms with van der Waals surface area (Å²) < 4.78 is 39.3. The fourth-order valence-corrected chi connectivity index (χ4v) is 2.05. The van der Waals surface area contributed by atoms with Crippen molar-refractivity contribution in [1.82, 2.24) is 5.32 Å². The van der Waals surface area contributed by atoms with Crippen LogP contribution in [0.2, 0.25) is 0 Å². The summed E-state index contributed by atoms with van der Waals surface area (Å²) in [6.07, 6.45) is -4.52. The van der Waals surface area contributed by atoms with Crippen molar-refractivity contribution in [3.05, 3.63) is 64.1 Å². The molecule has 3 nitrogen and oxygen atoms in total. The molecule has 116 valence electrons. The summed E-state index contributed by atoms with van der Waals surface area (Å²) in [5.41, 5.74) is -0.320. The summed E-state index contributed by atoms with van der Waals surface area (Å²) in [7, 11) is 0. The van der Waals surface area contributed by atoms with E-state index in [4.69, 9.17) is 0 Å². The van der Waals surface area contributed by atoms with E-state index in [1.807, 2.05) is 12.1 Å². The molecule has 0 saturated carbocycles. The van der Waals surface area contributed by atoms with Crippen LogP contribution in [0.25, 0.3) is 0 Å². The van der Waals surface area contributed by atoms with Gasteiger partial charge < -0.3 is 10.6 Å². The Morgan fingerprint density at radius 1 is 1.05 bits per heavy atom. The number of alkyl halides is 3. The predicted molar refractivity (Wildman–Crippen MR) is 81.4 cm³/mol. The second-order valence-corrected chi connectivity index (χ2v) is 5.39. The monoisotopic (exact) mass is 372 g/mol. The van der Waals surface area contributed by atoms with Gasteiger partial charge in [0.25, 0.3) is 0 Å². The van der Waals surface area contributed by atoms with Crippen molar-refractivity contribution in [2.24, 2.45) is 0 Å². The largest absolute Gasteiger partial charge is 0.418 e. The van der Waals surface area contributed by atoms with Gasteiger partial charge in [0.15, 0.2) is 0 Å². The van der Waals surface area contributed by atoms with Gasteiger partial charge in [-0.25, -0.2) is 4.79 Å². The highest BCUT2D eigenvalue weighted by molar-refractivity contribution is 9.10. The second-order valence-electron chi connectivity index (χ2n) is 4.48. The number of halogens is 4. The smallest absolute Gasteiger partial charge is 0.334 e. The van der Waals surface area contributed by atoms with Gasteiger partial charge >= 0.3 is 12.2 Å². The Morgan fingerprint density at radius 3 is 2.32 bits per heavy atom. The highest BCUT2D eigenvalue weighted by atomic mass is 79.9. The van der Waals surface area contributed by atoms with Crippen molar-refractivity contribution in [3.63, 3.8) is 0 Å². The van der Waals surface area contributed by atoms with Crippen LogP contribution >= 0.6 is 15.9 Å². The van der Waals surface area contributed by atoms with Crippen molar-refractivity contribution in [1.29, 1.82) is 0 Å². The number of para-hydroxylation sites is 1. The Hall–Kier alpha value is -2.02. The fraction of sp³-hybridized carbons (Fsp3) is 0.133. The number of hydrogen-bond donors (Lipinski definition) is 2. The van der Waals surface area contributed by atoms with Crippen LogP contribution in [-0.2, 0) is 12.7 Å². The van der Waals surface area contributed by atoms with E-state index in [1.165, 1.54) is 18.2 Å². The van der Waals surface area contributed by atoms with Gasteiger partial charge in [0.2, 0.25) is 0 Å². The third-order valence-electron chi connectivity index (χ3n) is 2.85. The van der Waals surface area contributed by atoms with Crippen molar-refractivity contribution in [3.8, 4) is 0 Å². The molecule has 0 unspecified atom stereocenters. The lowest BCUT2D eigenvalue weighted by molar-refractivity contribution is -0.136. The van der Waals surface area contributed by atoms with Gasteiger partial charge in [-0.3, -0.25) is 0 Å². The van der Waals surface area contributed by atoms with E-state index in [-0.39, 0.29) is 12.2 Å². The second kappa shape index (κ2) is 6.83. The average molecular weight is 373 g/mol. The molecular weight excluding hydrogens is 361 g/mol. The van der Waals surface area contributed by atoms with Crippen molar-refractivity contribution < 1.29 is 18.0 Å². The van der Waals surface area contributed by atoms with Crippen LogP contribution in [0.4, 0.5) is 23.7 Å². The maximum Gasteiger partial charge on any atom is 0.418 e. The Kier molecular flexibility index (Phi) is 5.07. The molecule has 22 heavy (non-hydrogen) atoms. The fourth-order valence-electron chi connectivity index (χ4n) is 1.79. The van der Waals surface area contributed by atoms with Gasteiger partial charge in [0.05, 0.1) is 11.3 Å². The minimum atomic E-state index is -4.52. The zero-order valence-corrected chi connectivity index (χ0v) is 12.8. The number of amides is 2. The standard InChI is InChI=1S/C15H12BrF3N2O/c16-11-7-5-10(6-8-11)9-20-14(22)21-13-4-2-1-3-12(13)15(17,18)19/h1-8H,9H2,(H2,20,21,22). The van der Waals surface area contributed by atoms with E-state index < -0.39 is 17.8 Å². The zero-order valence-electron chi connectivity index (χ0n) is 11.2. The first-order valence-corrected chi connectivity index (χ1v) is 7.11. The highest BCUT2D eigenvalue weighted by Crippen LogP contribution is 2.34. The Balaban J connectivity index is 1.99. The highest BCUT2D eigenvalue weighted by Gasteiger charge is 2.33. The SMILES string of the molecule is O=C(NCc1ccc(Br)cc1)Nc1ccccc1C(F)(F)F. The van der Waals surface area contributed by atoms with Crippen LogP contribution in [0.3, 0.4) is 0 Å². The van der Waals surface area contributed by atoms with Crippen molar-refractivity contribution >= 4 is 27.6 Å². The minimum absolute atomic E-state index is 0.216. The van der Waals surface area contributed by atoms with E-state index in [0.29, 0.717) is 0 Å². The molecule has 0 bridgehead atoms. The minimum Gasteiger partial charge on any atom is -0.334 e. The topological polar surface area (TPSA) is 41.1 Å². The first-order valence-electron chi connectivity index (χ1n) is 6.32. The third-order valence-corrected chi connectivity index (χ3v) is 3.38. The molecule has 0 fully saturated rings. The van der Waals surface area contributed by atoms with Crippen LogP contribution in [0.5, 0.6) is 0 Å². The van der Waals surface area contributed by atoms with Gasteiger partial charge in [-0.1, -0.05) is 40.2 Å². The molecule has 0 spiro atoms. The number of carbonyl (C=O) groups excluding carboxylic acids is 1. The Morgan fingerprint density at radius 2 is 1.68 bits per heavy atom. The molecular formula is C15H12BrF3N2O. The van der Waals surface area contributed by atoms with Crippen molar-refractivity contribution in [2.45, 2.75) is 12.7 Å².